The van der Waals surface area contributed by atoms with Crippen LogP contribution in [0.25, 0.3) is 10.4 Å². The molecule has 1 aromatic heterocycles. The second-order valence-corrected chi connectivity index (χ2v) is 9.88. The summed E-state index contributed by atoms with van der Waals surface area (Å²) in [6.45, 7) is 6.93. The van der Waals surface area contributed by atoms with Crippen LogP contribution in [0.3, 0.4) is 0 Å². The highest BCUT2D eigenvalue weighted by molar-refractivity contribution is 7.80. The highest BCUT2D eigenvalue weighted by atomic mass is 32.1. The summed E-state index contributed by atoms with van der Waals surface area (Å²) >= 11 is 7.08. The fourth-order valence-corrected chi connectivity index (χ4v) is 5.66. The minimum atomic E-state index is -0.365. The van der Waals surface area contributed by atoms with Crippen LogP contribution >= 0.6 is 23.6 Å². The highest BCUT2D eigenvalue weighted by Gasteiger charge is 2.32. The molecule has 2 N–H and O–H groups in total. The molecule has 1 aromatic carbocycles. The number of benzene rings is 1. The van der Waals surface area contributed by atoms with E-state index < -0.39 is 0 Å². The molecule has 3 rings (SSSR count). The normalized spacial score (nSPS) is 21.0. The van der Waals surface area contributed by atoms with Gasteiger partial charge in [0.25, 0.3) is 0 Å². The molecule has 4 nitrogen and oxygen atoms in total. The minimum Gasteiger partial charge on any atom is -0.465 e. The summed E-state index contributed by atoms with van der Waals surface area (Å²) in [5.41, 5.74) is 1.88. The highest BCUT2D eigenvalue weighted by Crippen LogP contribution is 2.39. The van der Waals surface area contributed by atoms with Crippen molar-refractivity contribution in [1.29, 1.82) is 0 Å². The van der Waals surface area contributed by atoms with Crippen molar-refractivity contribution in [2.45, 2.75) is 46.1 Å². The van der Waals surface area contributed by atoms with Gasteiger partial charge in [-0.25, -0.2) is 4.79 Å². The zero-order chi connectivity index (χ0) is 20.3. The van der Waals surface area contributed by atoms with E-state index in [0.717, 1.165) is 23.3 Å². The molecule has 1 fully saturated rings. The molecular weight excluding hydrogens is 388 g/mol. The lowest BCUT2D eigenvalue weighted by Gasteiger charge is -2.39. The molecule has 0 radical (unpaired) electrons. The van der Waals surface area contributed by atoms with Crippen LogP contribution in [-0.2, 0) is 4.74 Å². The quantitative estimate of drug-likeness (QED) is 0.494. The van der Waals surface area contributed by atoms with E-state index in [-0.39, 0.29) is 5.97 Å². The Morgan fingerprint density at radius 3 is 2.61 bits per heavy atom. The number of anilines is 1. The first-order chi connectivity index (χ1) is 13.3. The van der Waals surface area contributed by atoms with Crippen LogP contribution in [0.15, 0.2) is 36.4 Å². The molecular formula is C22H28N2O2S2. The van der Waals surface area contributed by atoms with E-state index >= 15 is 0 Å². The first-order valence-electron chi connectivity index (χ1n) is 9.62. The maximum atomic E-state index is 12.3. The zero-order valence-electron chi connectivity index (χ0n) is 16.9. The number of thiophene rings is 1. The van der Waals surface area contributed by atoms with Gasteiger partial charge in [-0.05, 0) is 54.4 Å². The first-order valence-corrected chi connectivity index (χ1v) is 10.8. The van der Waals surface area contributed by atoms with Gasteiger partial charge in [0, 0.05) is 10.9 Å². The number of thiocarbonyl (C=S) groups is 1. The van der Waals surface area contributed by atoms with Gasteiger partial charge in [0.2, 0.25) is 0 Å². The Kier molecular flexibility index (Phi) is 6.40. The molecule has 1 heterocycles. The van der Waals surface area contributed by atoms with Crippen LogP contribution in [0.5, 0.6) is 0 Å². The molecule has 2 unspecified atom stereocenters. The Bertz CT molecular complexity index is 845. The molecule has 0 amide bonds. The van der Waals surface area contributed by atoms with Gasteiger partial charge < -0.3 is 15.4 Å². The summed E-state index contributed by atoms with van der Waals surface area (Å²) < 4.78 is 4.96. The van der Waals surface area contributed by atoms with E-state index in [4.69, 9.17) is 17.0 Å². The average molecular weight is 417 g/mol. The van der Waals surface area contributed by atoms with Crippen molar-refractivity contribution in [3.63, 3.8) is 0 Å². The van der Waals surface area contributed by atoms with Gasteiger partial charge in [0.15, 0.2) is 5.11 Å². The Morgan fingerprint density at radius 2 is 1.96 bits per heavy atom. The summed E-state index contributed by atoms with van der Waals surface area (Å²) in [5, 5.41) is 7.98. The maximum Gasteiger partial charge on any atom is 0.340 e. The largest absolute Gasteiger partial charge is 0.465 e. The minimum absolute atomic E-state index is 0.311. The summed E-state index contributed by atoms with van der Waals surface area (Å²) in [5.74, 6) is 0.303. The van der Waals surface area contributed by atoms with Gasteiger partial charge in [-0.15, -0.1) is 11.3 Å². The predicted octanol–water partition coefficient (Wildman–Crippen LogP) is 5.70. The van der Waals surface area contributed by atoms with Crippen LogP contribution < -0.4 is 10.6 Å². The SMILES string of the molecule is COC(=O)c1cc(-c2ccccc2)sc1NC(=S)NC1CC(C)CC(C)(C)C1. The van der Waals surface area contributed by atoms with E-state index in [2.05, 4.69) is 31.4 Å². The molecule has 2 atom stereocenters. The van der Waals surface area contributed by atoms with Crippen molar-refractivity contribution in [3.8, 4) is 10.4 Å². The van der Waals surface area contributed by atoms with Gasteiger partial charge in [-0.3, -0.25) is 0 Å². The molecule has 28 heavy (non-hydrogen) atoms. The van der Waals surface area contributed by atoms with E-state index in [1.165, 1.54) is 24.9 Å². The smallest absolute Gasteiger partial charge is 0.340 e. The van der Waals surface area contributed by atoms with Crippen molar-refractivity contribution in [1.82, 2.24) is 5.32 Å². The van der Waals surface area contributed by atoms with Crippen molar-refractivity contribution in [2.75, 3.05) is 12.4 Å². The molecule has 0 saturated heterocycles. The lowest BCUT2D eigenvalue weighted by Crippen LogP contribution is -2.44. The van der Waals surface area contributed by atoms with E-state index in [1.54, 1.807) is 0 Å². The molecule has 2 aromatic rings. The number of carbonyl (C=O) groups excluding carboxylic acids is 1. The van der Waals surface area contributed by atoms with Crippen LogP contribution in [0, 0.1) is 11.3 Å². The third-order valence-electron chi connectivity index (χ3n) is 5.14. The van der Waals surface area contributed by atoms with E-state index in [1.807, 2.05) is 36.4 Å². The van der Waals surface area contributed by atoms with Gasteiger partial charge in [0.05, 0.1) is 12.7 Å². The van der Waals surface area contributed by atoms with Gasteiger partial charge in [-0.1, -0.05) is 51.1 Å². The molecule has 1 aliphatic carbocycles. The van der Waals surface area contributed by atoms with Crippen LogP contribution in [0.4, 0.5) is 5.00 Å². The summed E-state index contributed by atoms with van der Waals surface area (Å²) in [6.07, 6.45) is 3.43. The Hall–Kier alpha value is -1.92. The summed E-state index contributed by atoms with van der Waals surface area (Å²) in [6, 6.07) is 12.2. The molecule has 150 valence electrons. The monoisotopic (exact) mass is 416 g/mol. The van der Waals surface area contributed by atoms with Crippen molar-refractivity contribution >= 4 is 39.6 Å². The standard InChI is InChI=1S/C22H28N2O2S2/c1-14-10-16(13-22(2,3)12-14)23-21(27)24-19-17(20(25)26-4)11-18(28-19)15-8-6-5-7-9-15/h5-9,11,14,16H,10,12-13H2,1-4H3,(H2,23,24,27). The molecule has 1 aliphatic rings. The lowest BCUT2D eigenvalue weighted by molar-refractivity contribution is 0.0602. The average Bonchev–Trinajstić information content (AvgIpc) is 3.03. The van der Waals surface area contributed by atoms with Gasteiger partial charge >= 0.3 is 5.97 Å². The number of rotatable bonds is 4. The third kappa shape index (κ3) is 5.11. The van der Waals surface area contributed by atoms with Crippen LogP contribution in [0.2, 0.25) is 0 Å². The van der Waals surface area contributed by atoms with Crippen LogP contribution in [-0.4, -0.2) is 24.2 Å². The Morgan fingerprint density at radius 1 is 1.25 bits per heavy atom. The number of hydrogen-bond acceptors (Lipinski definition) is 4. The lowest BCUT2D eigenvalue weighted by atomic mass is 9.71. The fourth-order valence-electron chi connectivity index (χ4n) is 4.27. The van der Waals surface area contributed by atoms with E-state index in [9.17, 15) is 4.79 Å². The summed E-state index contributed by atoms with van der Waals surface area (Å²) in [7, 11) is 1.40. The fraction of sp³-hybridized carbons (Fsp3) is 0.455. The molecule has 0 bridgehead atoms. The van der Waals surface area contributed by atoms with Gasteiger partial charge in [-0.2, -0.15) is 0 Å². The van der Waals surface area contributed by atoms with Gasteiger partial charge in [0.1, 0.15) is 5.00 Å². The number of carbonyl (C=O) groups is 1. The number of nitrogens with one attached hydrogen (secondary N) is 2. The molecule has 0 spiro atoms. The number of methoxy groups -OCH3 is 1. The second-order valence-electron chi connectivity index (χ2n) is 8.42. The first kappa shape index (κ1) is 20.8. The maximum absolute atomic E-state index is 12.3. The second kappa shape index (κ2) is 8.62. The number of hydrogen-bond donors (Lipinski definition) is 2. The topological polar surface area (TPSA) is 50.4 Å². The van der Waals surface area contributed by atoms with Crippen molar-refractivity contribution < 1.29 is 9.53 Å². The Labute approximate surface area is 176 Å². The van der Waals surface area contributed by atoms with Crippen molar-refractivity contribution in [3.05, 3.63) is 42.0 Å². The number of ether oxygens (including phenoxy) is 1. The molecule has 6 heteroatoms. The molecule has 1 saturated carbocycles. The zero-order valence-corrected chi connectivity index (χ0v) is 18.5. The predicted molar refractivity (Wildman–Crippen MR) is 121 cm³/mol. The summed E-state index contributed by atoms with van der Waals surface area (Å²) in [4.78, 5) is 13.3. The Balaban J connectivity index is 1.76. The number of esters is 1. The van der Waals surface area contributed by atoms with E-state index in [0.29, 0.717) is 33.1 Å². The van der Waals surface area contributed by atoms with Crippen molar-refractivity contribution in [2.24, 2.45) is 11.3 Å². The van der Waals surface area contributed by atoms with Crippen LogP contribution in [0.1, 0.15) is 50.4 Å². The third-order valence-corrected chi connectivity index (χ3v) is 6.46. The molecule has 0 aliphatic heterocycles.